The number of anilines is 1. The highest BCUT2D eigenvalue weighted by Crippen LogP contribution is 2.50. The molecular formula is C26H30ClN5O5. The van der Waals surface area contributed by atoms with Crippen molar-refractivity contribution in [3.8, 4) is 17.6 Å². The summed E-state index contributed by atoms with van der Waals surface area (Å²) in [5, 5.41) is 42.7. The summed E-state index contributed by atoms with van der Waals surface area (Å²) in [5.74, 6) is -0.741. The fourth-order valence-electron chi connectivity index (χ4n) is 4.48. The molecule has 4 rings (SSSR count). The first-order valence-corrected chi connectivity index (χ1v) is 12.4. The standard InChI is InChI=1S/C26H30ClN5O5/c1-37-12-11-31(19-3-2-4-21(33)24(19)34)10-9-29-15-22-30-23-18(27)13-17(25(35)36)14-20(23)32(22)16-26(5-6-26)7-8-28/h2-4,13-14,29,33-34H,5-7,9-12,15-16H2,1H3,(H,35,36). The van der Waals surface area contributed by atoms with Crippen LogP contribution in [0.25, 0.3) is 11.0 Å². The number of hydrogen-bond acceptors (Lipinski definition) is 8. The van der Waals surface area contributed by atoms with Crippen molar-refractivity contribution in [3.05, 3.63) is 46.7 Å². The molecule has 1 fully saturated rings. The van der Waals surface area contributed by atoms with Crippen LogP contribution in [0.15, 0.2) is 30.3 Å². The molecule has 1 aromatic heterocycles. The molecule has 1 aliphatic rings. The number of aromatic hydroxyl groups is 2. The first-order valence-electron chi connectivity index (χ1n) is 12.0. The van der Waals surface area contributed by atoms with Gasteiger partial charge in [0.05, 0.1) is 41.0 Å². The van der Waals surface area contributed by atoms with Crippen molar-refractivity contribution < 1.29 is 24.9 Å². The molecule has 0 amide bonds. The average molecular weight is 528 g/mol. The number of hydrogen-bond donors (Lipinski definition) is 4. The highest BCUT2D eigenvalue weighted by atomic mass is 35.5. The SMILES string of the molecule is COCCN(CCNCc1nc2c(Cl)cc(C(=O)O)cc2n1CC1(CC#N)CC1)c1cccc(O)c1O. The van der Waals surface area contributed by atoms with Crippen molar-refractivity contribution >= 4 is 34.3 Å². The van der Waals surface area contributed by atoms with Gasteiger partial charge < -0.3 is 34.8 Å². The summed E-state index contributed by atoms with van der Waals surface area (Å²) in [6, 6.07) is 10.1. The van der Waals surface area contributed by atoms with Crippen molar-refractivity contribution in [2.24, 2.45) is 5.41 Å². The Balaban J connectivity index is 1.54. The molecule has 1 saturated carbocycles. The minimum absolute atomic E-state index is 0.0861. The molecule has 0 unspecified atom stereocenters. The van der Waals surface area contributed by atoms with E-state index in [0.717, 1.165) is 12.8 Å². The van der Waals surface area contributed by atoms with Gasteiger partial charge in [0.2, 0.25) is 0 Å². The quantitative estimate of drug-likeness (QED) is 0.193. The predicted octanol–water partition coefficient (Wildman–Crippen LogP) is 3.74. The number of nitrogens with one attached hydrogen (secondary N) is 1. The summed E-state index contributed by atoms with van der Waals surface area (Å²) < 4.78 is 7.18. The van der Waals surface area contributed by atoms with Gasteiger partial charge >= 0.3 is 5.97 Å². The second-order valence-corrected chi connectivity index (χ2v) is 9.79. The molecule has 0 radical (unpaired) electrons. The molecule has 11 heteroatoms. The maximum atomic E-state index is 11.6. The normalized spacial score (nSPS) is 14.0. The summed E-state index contributed by atoms with van der Waals surface area (Å²) in [7, 11) is 1.60. The number of phenols is 2. The van der Waals surface area contributed by atoms with Crippen LogP contribution in [-0.4, -0.2) is 64.2 Å². The smallest absolute Gasteiger partial charge is 0.335 e. The number of benzene rings is 2. The number of aromatic carboxylic acids is 1. The third kappa shape index (κ3) is 5.91. The van der Waals surface area contributed by atoms with Gasteiger partial charge in [0.15, 0.2) is 11.5 Å². The number of carbonyl (C=O) groups is 1. The highest BCUT2D eigenvalue weighted by molar-refractivity contribution is 6.35. The van der Waals surface area contributed by atoms with E-state index in [4.69, 9.17) is 21.3 Å². The molecule has 0 saturated heterocycles. The molecule has 0 spiro atoms. The number of rotatable bonds is 13. The molecule has 37 heavy (non-hydrogen) atoms. The number of aromatic nitrogens is 2. The Morgan fingerprint density at radius 1 is 1.32 bits per heavy atom. The first-order chi connectivity index (χ1) is 17.8. The molecule has 0 atom stereocenters. The van der Waals surface area contributed by atoms with Crippen LogP contribution in [0.5, 0.6) is 11.5 Å². The summed E-state index contributed by atoms with van der Waals surface area (Å²) in [6.07, 6.45) is 2.29. The van der Waals surface area contributed by atoms with E-state index in [1.54, 1.807) is 25.3 Å². The summed E-state index contributed by atoms with van der Waals surface area (Å²) in [5.41, 5.74) is 1.63. The molecule has 10 nitrogen and oxygen atoms in total. The molecule has 3 aromatic rings. The topological polar surface area (TPSA) is 144 Å². The number of ether oxygens (including phenoxy) is 1. The zero-order chi connectivity index (χ0) is 26.6. The van der Waals surface area contributed by atoms with Gasteiger partial charge in [-0.2, -0.15) is 5.26 Å². The van der Waals surface area contributed by atoms with Gasteiger partial charge in [-0.25, -0.2) is 9.78 Å². The van der Waals surface area contributed by atoms with Crippen molar-refractivity contribution in [2.45, 2.75) is 32.4 Å². The maximum absolute atomic E-state index is 11.6. The molecule has 1 aliphatic carbocycles. The zero-order valence-corrected chi connectivity index (χ0v) is 21.3. The van der Waals surface area contributed by atoms with Crippen molar-refractivity contribution in [3.63, 3.8) is 0 Å². The summed E-state index contributed by atoms with van der Waals surface area (Å²) in [4.78, 5) is 18.3. The van der Waals surface area contributed by atoms with Crippen LogP contribution in [0.4, 0.5) is 5.69 Å². The summed E-state index contributed by atoms with van der Waals surface area (Å²) >= 11 is 6.41. The maximum Gasteiger partial charge on any atom is 0.335 e. The van der Waals surface area contributed by atoms with Crippen LogP contribution < -0.4 is 10.2 Å². The van der Waals surface area contributed by atoms with E-state index in [-0.39, 0.29) is 27.5 Å². The Kier molecular flexibility index (Phi) is 8.07. The lowest BCUT2D eigenvalue weighted by Crippen LogP contribution is -2.34. The molecule has 1 heterocycles. The number of carboxylic acid groups (broad SMARTS) is 1. The van der Waals surface area contributed by atoms with E-state index in [9.17, 15) is 25.4 Å². The number of carboxylic acids is 1. The lowest BCUT2D eigenvalue weighted by molar-refractivity contribution is 0.0697. The number of nitrogens with zero attached hydrogens (tertiary/aromatic N) is 4. The molecule has 0 aliphatic heterocycles. The largest absolute Gasteiger partial charge is 0.504 e. The Morgan fingerprint density at radius 2 is 2.11 bits per heavy atom. The van der Waals surface area contributed by atoms with Crippen LogP contribution in [0.2, 0.25) is 5.02 Å². The van der Waals surface area contributed by atoms with Crippen LogP contribution in [0, 0.1) is 16.7 Å². The predicted molar refractivity (Wildman–Crippen MR) is 139 cm³/mol. The van der Waals surface area contributed by atoms with Crippen LogP contribution in [0.1, 0.15) is 35.4 Å². The van der Waals surface area contributed by atoms with E-state index in [1.165, 1.54) is 12.1 Å². The molecule has 0 bridgehead atoms. The number of nitriles is 1. The molecule has 2 aromatic carbocycles. The molecular weight excluding hydrogens is 498 g/mol. The first kappa shape index (κ1) is 26.5. The minimum Gasteiger partial charge on any atom is -0.504 e. The summed E-state index contributed by atoms with van der Waals surface area (Å²) in [6.45, 7) is 2.95. The highest BCUT2D eigenvalue weighted by Gasteiger charge is 2.43. The Bertz CT molecular complexity index is 1330. The van der Waals surface area contributed by atoms with Gasteiger partial charge in [0.1, 0.15) is 11.3 Å². The van der Waals surface area contributed by atoms with Crippen LogP contribution >= 0.6 is 11.6 Å². The number of halogens is 1. The van der Waals surface area contributed by atoms with E-state index >= 15 is 0 Å². The Labute approximate surface area is 219 Å². The number of methoxy groups -OCH3 is 1. The average Bonchev–Trinajstić information content (AvgIpc) is 3.54. The van der Waals surface area contributed by atoms with E-state index in [1.807, 2.05) is 9.47 Å². The van der Waals surface area contributed by atoms with Gasteiger partial charge in [-0.05, 0) is 37.1 Å². The molecule has 196 valence electrons. The van der Waals surface area contributed by atoms with Gasteiger partial charge in [0.25, 0.3) is 0 Å². The Hall–Kier alpha value is -3.52. The Morgan fingerprint density at radius 3 is 2.78 bits per heavy atom. The number of para-hydroxylation sites is 1. The van der Waals surface area contributed by atoms with Crippen LogP contribution in [-0.2, 0) is 17.8 Å². The van der Waals surface area contributed by atoms with E-state index in [2.05, 4.69) is 11.4 Å². The number of imidazole rings is 1. The van der Waals surface area contributed by atoms with Gasteiger partial charge in [-0.15, -0.1) is 0 Å². The molecule has 4 N–H and O–H groups in total. The number of fused-ring (bicyclic) bond motifs is 1. The second-order valence-electron chi connectivity index (χ2n) is 9.38. The number of phenolic OH excluding ortho intramolecular Hbond substituents is 2. The van der Waals surface area contributed by atoms with Gasteiger partial charge in [-0.3, -0.25) is 0 Å². The third-order valence-corrected chi connectivity index (χ3v) is 7.07. The van der Waals surface area contributed by atoms with Crippen molar-refractivity contribution in [1.82, 2.24) is 14.9 Å². The fourth-order valence-corrected chi connectivity index (χ4v) is 4.73. The van der Waals surface area contributed by atoms with Crippen molar-refractivity contribution in [1.29, 1.82) is 5.26 Å². The van der Waals surface area contributed by atoms with Gasteiger partial charge in [0, 0.05) is 45.1 Å². The lowest BCUT2D eigenvalue weighted by atomic mass is 10.0. The lowest BCUT2D eigenvalue weighted by Gasteiger charge is -2.25. The monoisotopic (exact) mass is 527 g/mol. The van der Waals surface area contributed by atoms with Gasteiger partial charge in [-0.1, -0.05) is 17.7 Å². The van der Waals surface area contributed by atoms with Crippen molar-refractivity contribution in [2.75, 3.05) is 38.3 Å². The minimum atomic E-state index is -1.07. The third-order valence-electron chi connectivity index (χ3n) is 6.78. The van der Waals surface area contributed by atoms with E-state index < -0.39 is 5.97 Å². The van der Waals surface area contributed by atoms with E-state index in [0.29, 0.717) is 68.3 Å². The fraction of sp³-hybridized carbons (Fsp3) is 0.423. The second kappa shape index (κ2) is 11.3. The van der Waals surface area contributed by atoms with Crippen LogP contribution in [0.3, 0.4) is 0 Å². The zero-order valence-electron chi connectivity index (χ0n) is 20.6.